The molecule has 3 heteroatoms. The van der Waals surface area contributed by atoms with E-state index in [9.17, 15) is 0 Å². The van der Waals surface area contributed by atoms with E-state index in [1.54, 1.807) is 7.11 Å². The monoisotopic (exact) mass is 217 g/mol. The van der Waals surface area contributed by atoms with E-state index < -0.39 is 0 Å². The maximum atomic E-state index is 5.24. The molecule has 0 aromatic heterocycles. The van der Waals surface area contributed by atoms with Crippen molar-refractivity contribution in [1.82, 2.24) is 5.32 Å². The first-order valence-corrected chi connectivity index (χ1v) is 6.91. The van der Waals surface area contributed by atoms with E-state index in [1.165, 1.54) is 25.0 Å². The molecule has 2 unspecified atom stereocenters. The highest BCUT2D eigenvalue weighted by molar-refractivity contribution is 7.98. The predicted octanol–water partition coefficient (Wildman–Crippen LogP) is 2.14. The maximum absolute atomic E-state index is 5.24. The molecule has 0 aromatic carbocycles. The van der Waals surface area contributed by atoms with Crippen LogP contribution in [0, 0.1) is 5.92 Å². The molecule has 1 saturated carbocycles. The molecule has 1 fully saturated rings. The summed E-state index contributed by atoms with van der Waals surface area (Å²) in [4.78, 5) is 0. The second-order valence-electron chi connectivity index (χ2n) is 4.25. The Bertz CT molecular complexity index is 150. The minimum Gasteiger partial charge on any atom is -0.383 e. The molecule has 0 amide bonds. The molecule has 1 aliphatic rings. The van der Waals surface area contributed by atoms with Crippen LogP contribution in [0.4, 0.5) is 0 Å². The van der Waals surface area contributed by atoms with Crippen molar-refractivity contribution in [3.05, 3.63) is 0 Å². The summed E-state index contributed by atoms with van der Waals surface area (Å²) in [5, 5.41) is 3.68. The summed E-state index contributed by atoms with van der Waals surface area (Å²) in [6, 6.07) is 1.22. The van der Waals surface area contributed by atoms with Crippen molar-refractivity contribution >= 4 is 11.8 Å². The van der Waals surface area contributed by atoms with Crippen LogP contribution in [0.1, 0.15) is 26.2 Å². The van der Waals surface area contributed by atoms with Gasteiger partial charge in [0.25, 0.3) is 0 Å². The minimum absolute atomic E-state index is 0.594. The highest BCUT2D eigenvalue weighted by Gasteiger charge is 2.31. The minimum atomic E-state index is 0.594. The molecular weight excluding hydrogens is 194 g/mol. The first-order valence-electron chi connectivity index (χ1n) is 5.51. The van der Waals surface area contributed by atoms with E-state index in [0.717, 1.165) is 12.5 Å². The van der Waals surface area contributed by atoms with Crippen LogP contribution in [0.5, 0.6) is 0 Å². The molecule has 84 valence electrons. The molecule has 0 heterocycles. The highest BCUT2D eigenvalue weighted by Crippen LogP contribution is 2.33. The van der Waals surface area contributed by atoms with Crippen LogP contribution in [0.3, 0.4) is 0 Å². The smallest absolute Gasteiger partial charge is 0.0618 e. The largest absolute Gasteiger partial charge is 0.383 e. The van der Waals surface area contributed by atoms with E-state index in [4.69, 9.17) is 4.74 Å². The van der Waals surface area contributed by atoms with Crippen LogP contribution in [0.2, 0.25) is 0 Å². The number of nitrogens with one attached hydrogen (secondary N) is 1. The average molecular weight is 217 g/mol. The van der Waals surface area contributed by atoms with Crippen molar-refractivity contribution in [1.29, 1.82) is 0 Å². The van der Waals surface area contributed by atoms with Gasteiger partial charge in [0.15, 0.2) is 0 Å². The number of hydrogen-bond acceptors (Lipinski definition) is 3. The summed E-state index contributed by atoms with van der Waals surface area (Å²) in [5.74, 6) is 2.13. The number of methoxy groups -OCH3 is 1. The summed E-state index contributed by atoms with van der Waals surface area (Å²) in [5.41, 5.74) is 0. The molecule has 1 rings (SSSR count). The third kappa shape index (κ3) is 4.67. The lowest BCUT2D eigenvalue weighted by Gasteiger charge is -2.22. The van der Waals surface area contributed by atoms with Gasteiger partial charge in [-0.1, -0.05) is 0 Å². The molecule has 1 N–H and O–H groups in total. The van der Waals surface area contributed by atoms with Crippen LogP contribution in [-0.2, 0) is 4.74 Å². The Morgan fingerprint density at radius 2 is 2.21 bits per heavy atom. The van der Waals surface area contributed by atoms with Crippen molar-refractivity contribution in [3.8, 4) is 0 Å². The van der Waals surface area contributed by atoms with Crippen LogP contribution in [0.15, 0.2) is 0 Å². The van der Waals surface area contributed by atoms with Gasteiger partial charge in [-0.25, -0.2) is 0 Å². The van der Waals surface area contributed by atoms with Crippen LogP contribution in [-0.4, -0.2) is 37.8 Å². The standard InChI is InChI=1S/C11H23NOS/c1-9(6-7-14-3)12-11(8-13-2)10-4-5-10/h9-12H,4-8H2,1-3H3. The van der Waals surface area contributed by atoms with Crippen LogP contribution in [0.25, 0.3) is 0 Å². The fraction of sp³-hybridized carbons (Fsp3) is 1.00. The second kappa shape index (κ2) is 6.70. The molecule has 2 atom stereocenters. The van der Waals surface area contributed by atoms with Gasteiger partial charge in [-0.2, -0.15) is 11.8 Å². The molecular formula is C11H23NOS. The zero-order valence-electron chi connectivity index (χ0n) is 9.58. The van der Waals surface area contributed by atoms with E-state index in [0.29, 0.717) is 12.1 Å². The van der Waals surface area contributed by atoms with Crippen LogP contribution < -0.4 is 5.32 Å². The lowest BCUT2D eigenvalue weighted by molar-refractivity contribution is 0.152. The van der Waals surface area contributed by atoms with Crippen molar-refractivity contribution in [2.75, 3.05) is 25.7 Å². The Hall–Kier alpha value is 0.270. The Kier molecular flexibility index (Phi) is 5.90. The molecule has 14 heavy (non-hydrogen) atoms. The summed E-state index contributed by atoms with van der Waals surface area (Å²) in [6.07, 6.45) is 6.20. The lowest BCUT2D eigenvalue weighted by atomic mass is 10.1. The molecule has 0 spiro atoms. The number of rotatable bonds is 8. The van der Waals surface area contributed by atoms with Gasteiger partial charge in [-0.3, -0.25) is 0 Å². The van der Waals surface area contributed by atoms with Crippen molar-refractivity contribution < 1.29 is 4.74 Å². The van der Waals surface area contributed by atoms with E-state index >= 15 is 0 Å². The lowest BCUT2D eigenvalue weighted by Crippen LogP contribution is -2.41. The quantitative estimate of drug-likeness (QED) is 0.673. The van der Waals surface area contributed by atoms with Crippen molar-refractivity contribution in [3.63, 3.8) is 0 Å². The van der Waals surface area contributed by atoms with Gasteiger partial charge in [-0.05, 0) is 44.1 Å². The molecule has 2 nitrogen and oxygen atoms in total. The fourth-order valence-electron chi connectivity index (χ4n) is 1.74. The molecule has 0 aliphatic heterocycles. The van der Waals surface area contributed by atoms with E-state index in [-0.39, 0.29) is 0 Å². The normalized spacial score (nSPS) is 20.8. The van der Waals surface area contributed by atoms with Gasteiger partial charge >= 0.3 is 0 Å². The van der Waals surface area contributed by atoms with Gasteiger partial charge in [0.1, 0.15) is 0 Å². The van der Waals surface area contributed by atoms with Crippen molar-refractivity contribution in [2.24, 2.45) is 5.92 Å². The van der Waals surface area contributed by atoms with Gasteiger partial charge in [0.05, 0.1) is 6.61 Å². The maximum Gasteiger partial charge on any atom is 0.0618 e. The number of thioether (sulfide) groups is 1. The van der Waals surface area contributed by atoms with Gasteiger partial charge in [-0.15, -0.1) is 0 Å². The predicted molar refractivity (Wildman–Crippen MR) is 64.0 cm³/mol. The van der Waals surface area contributed by atoms with Gasteiger partial charge in [0.2, 0.25) is 0 Å². The van der Waals surface area contributed by atoms with Gasteiger partial charge in [0, 0.05) is 19.2 Å². The number of hydrogen-bond donors (Lipinski definition) is 1. The molecule has 1 aliphatic carbocycles. The Morgan fingerprint density at radius 1 is 1.50 bits per heavy atom. The topological polar surface area (TPSA) is 21.3 Å². The molecule has 0 bridgehead atoms. The number of ether oxygens (including phenoxy) is 1. The third-order valence-corrected chi connectivity index (χ3v) is 3.43. The fourth-order valence-corrected chi connectivity index (χ4v) is 2.33. The molecule has 0 saturated heterocycles. The Labute approximate surface area is 92.2 Å². The second-order valence-corrected chi connectivity index (χ2v) is 5.23. The van der Waals surface area contributed by atoms with Crippen molar-refractivity contribution in [2.45, 2.75) is 38.3 Å². The van der Waals surface area contributed by atoms with Crippen LogP contribution >= 0.6 is 11.8 Å². The summed E-state index contributed by atoms with van der Waals surface area (Å²) >= 11 is 1.92. The highest BCUT2D eigenvalue weighted by atomic mass is 32.2. The Balaban J connectivity index is 2.16. The summed E-state index contributed by atoms with van der Waals surface area (Å²) < 4.78 is 5.24. The van der Waals surface area contributed by atoms with Gasteiger partial charge < -0.3 is 10.1 Å². The van der Waals surface area contributed by atoms with E-state index in [2.05, 4.69) is 18.5 Å². The Morgan fingerprint density at radius 3 is 2.71 bits per heavy atom. The summed E-state index contributed by atoms with van der Waals surface area (Å²) in [6.45, 7) is 3.15. The first kappa shape index (κ1) is 12.3. The third-order valence-electron chi connectivity index (χ3n) is 2.79. The summed E-state index contributed by atoms with van der Waals surface area (Å²) in [7, 11) is 1.80. The molecule has 0 aromatic rings. The average Bonchev–Trinajstić information content (AvgIpc) is 2.97. The molecule has 0 radical (unpaired) electrons. The first-order chi connectivity index (χ1) is 6.77. The zero-order valence-corrected chi connectivity index (χ0v) is 10.4. The van der Waals surface area contributed by atoms with E-state index in [1.807, 2.05) is 11.8 Å². The SMILES string of the molecule is COCC(NC(C)CCSC)C1CC1. The zero-order chi connectivity index (χ0) is 10.4.